The van der Waals surface area contributed by atoms with E-state index in [1.807, 2.05) is 54.3 Å². The zero-order valence-corrected chi connectivity index (χ0v) is 19.5. The van der Waals surface area contributed by atoms with Crippen LogP contribution in [0.3, 0.4) is 0 Å². The highest BCUT2D eigenvalue weighted by atomic mass is 19.3. The Hall–Kier alpha value is -3.75. The van der Waals surface area contributed by atoms with Gasteiger partial charge in [0.15, 0.2) is 0 Å². The minimum Gasteiger partial charge on any atom is -0.497 e. The van der Waals surface area contributed by atoms with Gasteiger partial charge in [0.2, 0.25) is 0 Å². The monoisotopic (exact) mass is 467 g/mol. The van der Waals surface area contributed by atoms with Crippen LogP contribution in [0.4, 0.5) is 8.78 Å². The molecular weight excluding hydrogens is 440 g/mol. The molecule has 1 amide bonds. The van der Waals surface area contributed by atoms with Gasteiger partial charge in [-0.25, -0.2) is 0 Å². The second-order valence-electron chi connectivity index (χ2n) is 8.32. The fourth-order valence-electron chi connectivity index (χ4n) is 4.00. The van der Waals surface area contributed by atoms with E-state index in [0.717, 1.165) is 34.1 Å². The zero-order chi connectivity index (χ0) is 24.5. The van der Waals surface area contributed by atoms with E-state index in [1.54, 1.807) is 37.0 Å². The number of aryl methyl sites for hydroxylation is 1. The molecule has 0 bridgehead atoms. The van der Waals surface area contributed by atoms with Gasteiger partial charge in [0.25, 0.3) is 5.91 Å². The molecule has 4 rings (SSSR count). The molecule has 178 valence electrons. The Balaban J connectivity index is 1.75. The third-order valence-corrected chi connectivity index (χ3v) is 5.84. The molecule has 2 atom stereocenters. The van der Waals surface area contributed by atoms with Crippen LogP contribution in [-0.2, 0) is 11.3 Å². The number of carbonyl (C=O) groups excluding carboxylic acids is 1. The molecule has 1 N–H and O–H groups in total. The first-order chi connectivity index (χ1) is 16.2. The van der Waals surface area contributed by atoms with E-state index in [9.17, 15) is 13.6 Å². The van der Waals surface area contributed by atoms with Crippen molar-refractivity contribution in [3.8, 4) is 16.9 Å². The molecule has 2 aromatic heterocycles. The van der Waals surface area contributed by atoms with Crippen LogP contribution in [-0.4, -0.2) is 44.5 Å². The SMILES string of the molecule is CCn1cc(-c2ccc3c(cnn3[C@H](c3ccc(OC)cc3)[C@H](C)NC(=O)C(C)(F)F)c2)cn1. The molecule has 2 aromatic carbocycles. The van der Waals surface area contributed by atoms with Crippen LogP contribution >= 0.6 is 0 Å². The highest BCUT2D eigenvalue weighted by molar-refractivity contribution is 5.85. The number of ether oxygens (including phenoxy) is 1. The number of aromatic nitrogens is 4. The molecule has 4 aromatic rings. The van der Waals surface area contributed by atoms with Crippen molar-refractivity contribution in [2.45, 2.75) is 45.3 Å². The number of rotatable bonds is 8. The smallest absolute Gasteiger partial charge is 0.321 e. The molecule has 2 heterocycles. The van der Waals surface area contributed by atoms with Crippen LogP contribution in [0.15, 0.2) is 61.1 Å². The lowest BCUT2D eigenvalue weighted by molar-refractivity contribution is -0.143. The number of methoxy groups -OCH3 is 1. The summed E-state index contributed by atoms with van der Waals surface area (Å²) in [5.41, 5.74) is 3.61. The Labute approximate surface area is 196 Å². The number of nitrogens with one attached hydrogen (secondary N) is 1. The first-order valence-corrected chi connectivity index (χ1v) is 11.0. The van der Waals surface area contributed by atoms with Gasteiger partial charge in [0.05, 0.1) is 37.1 Å². The van der Waals surface area contributed by atoms with E-state index < -0.39 is 23.9 Å². The summed E-state index contributed by atoms with van der Waals surface area (Å²) in [6, 6.07) is 12.0. The van der Waals surface area contributed by atoms with E-state index >= 15 is 0 Å². The van der Waals surface area contributed by atoms with Crippen LogP contribution in [0.2, 0.25) is 0 Å². The third kappa shape index (κ3) is 4.64. The van der Waals surface area contributed by atoms with E-state index in [-0.39, 0.29) is 0 Å². The minimum atomic E-state index is -3.48. The van der Waals surface area contributed by atoms with Gasteiger partial charge >= 0.3 is 5.92 Å². The van der Waals surface area contributed by atoms with E-state index in [0.29, 0.717) is 12.7 Å². The van der Waals surface area contributed by atoms with Crippen LogP contribution in [0.1, 0.15) is 32.4 Å². The van der Waals surface area contributed by atoms with Crippen molar-refractivity contribution in [2.75, 3.05) is 7.11 Å². The first kappa shape index (κ1) is 23.4. The van der Waals surface area contributed by atoms with Crippen LogP contribution in [0, 0.1) is 0 Å². The number of fused-ring (bicyclic) bond motifs is 1. The molecular formula is C25H27F2N5O2. The molecule has 0 radical (unpaired) electrons. The van der Waals surface area contributed by atoms with Gasteiger partial charge in [-0.2, -0.15) is 19.0 Å². The number of nitrogens with zero attached hydrogens (tertiary/aromatic N) is 4. The predicted molar refractivity (Wildman–Crippen MR) is 126 cm³/mol. The van der Waals surface area contributed by atoms with Crippen molar-refractivity contribution in [1.82, 2.24) is 24.9 Å². The van der Waals surface area contributed by atoms with Gasteiger partial charge in [0.1, 0.15) is 5.75 Å². The Bertz CT molecular complexity index is 1290. The molecule has 0 aliphatic carbocycles. The number of alkyl halides is 2. The average Bonchev–Trinajstić information content (AvgIpc) is 3.46. The maximum absolute atomic E-state index is 13.6. The van der Waals surface area contributed by atoms with Gasteiger partial charge in [-0.1, -0.05) is 18.2 Å². The Morgan fingerprint density at radius 2 is 1.85 bits per heavy atom. The fraction of sp³-hybridized carbons (Fsp3) is 0.320. The van der Waals surface area contributed by atoms with Crippen molar-refractivity contribution in [3.63, 3.8) is 0 Å². The Morgan fingerprint density at radius 1 is 1.12 bits per heavy atom. The molecule has 0 saturated carbocycles. The summed E-state index contributed by atoms with van der Waals surface area (Å²) >= 11 is 0. The lowest BCUT2D eigenvalue weighted by Crippen LogP contribution is -2.46. The molecule has 34 heavy (non-hydrogen) atoms. The number of halogens is 2. The zero-order valence-electron chi connectivity index (χ0n) is 19.5. The Morgan fingerprint density at radius 3 is 2.47 bits per heavy atom. The van der Waals surface area contributed by atoms with E-state index in [1.165, 1.54) is 0 Å². The summed E-state index contributed by atoms with van der Waals surface area (Å²) in [5.74, 6) is -4.14. The van der Waals surface area contributed by atoms with Crippen LogP contribution in [0.25, 0.3) is 22.0 Å². The molecule has 0 aliphatic heterocycles. The number of amides is 1. The van der Waals surface area contributed by atoms with Crippen LogP contribution < -0.4 is 10.1 Å². The van der Waals surface area contributed by atoms with E-state index in [2.05, 4.69) is 15.5 Å². The topological polar surface area (TPSA) is 74.0 Å². The lowest BCUT2D eigenvalue weighted by atomic mass is 9.99. The first-order valence-electron chi connectivity index (χ1n) is 11.0. The fourth-order valence-corrected chi connectivity index (χ4v) is 4.00. The third-order valence-electron chi connectivity index (χ3n) is 5.84. The lowest BCUT2D eigenvalue weighted by Gasteiger charge is -2.27. The van der Waals surface area contributed by atoms with Crippen molar-refractivity contribution < 1.29 is 18.3 Å². The summed E-state index contributed by atoms with van der Waals surface area (Å²) in [6.07, 6.45) is 5.54. The average molecular weight is 468 g/mol. The quantitative estimate of drug-likeness (QED) is 0.409. The molecule has 0 fully saturated rings. The number of hydrogen-bond acceptors (Lipinski definition) is 4. The summed E-state index contributed by atoms with van der Waals surface area (Å²) in [6.45, 7) is 5.09. The van der Waals surface area contributed by atoms with E-state index in [4.69, 9.17) is 4.74 Å². The van der Waals surface area contributed by atoms with Crippen molar-refractivity contribution in [3.05, 3.63) is 66.6 Å². The van der Waals surface area contributed by atoms with Gasteiger partial charge in [-0.3, -0.25) is 14.2 Å². The van der Waals surface area contributed by atoms with Gasteiger partial charge < -0.3 is 10.1 Å². The van der Waals surface area contributed by atoms with Gasteiger partial charge in [-0.05, 0) is 49.2 Å². The number of benzene rings is 2. The molecule has 0 spiro atoms. The molecule has 0 unspecified atom stereocenters. The summed E-state index contributed by atoms with van der Waals surface area (Å²) in [4.78, 5) is 12.1. The number of carbonyl (C=O) groups is 1. The second kappa shape index (κ2) is 9.24. The normalized spacial score (nSPS) is 13.6. The molecule has 9 heteroatoms. The highest BCUT2D eigenvalue weighted by Crippen LogP contribution is 2.30. The summed E-state index contributed by atoms with van der Waals surface area (Å²) in [7, 11) is 1.57. The standard InChI is InChI=1S/C25H27F2N5O2/c1-5-31-15-20(14-28-31)18-8-11-22-19(12-18)13-29-32(22)23(16(2)30-24(33)25(3,26)27)17-6-9-21(34-4)10-7-17/h6-16,23H,5H2,1-4H3,(H,30,33)/t16-,23-/m0/s1. The largest absolute Gasteiger partial charge is 0.497 e. The summed E-state index contributed by atoms with van der Waals surface area (Å²) < 4.78 is 36.1. The van der Waals surface area contributed by atoms with Crippen molar-refractivity contribution in [2.24, 2.45) is 0 Å². The van der Waals surface area contributed by atoms with Crippen LogP contribution in [0.5, 0.6) is 5.75 Å². The second-order valence-corrected chi connectivity index (χ2v) is 8.32. The predicted octanol–water partition coefficient (Wildman–Crippen LogP) is 4.68. The van der Waals surface area contributed by atoms with Gasteiger partial charge in [0, 0.05) is 30.6 Å². The maximum atomic E-state index is 13.6. The molecule has 0 saturated heterocycles. The highest BCUT2D eigenvalue weighted by Gasteiger charge is 2.35. The van der Waals surface area contributed by atoms with Crippen molar-refractivity contribution in [1.29, 1.82) is 0 Å². The van der Waals surface area contributed by atoms with Crippen molar-refractivity contribution >= 4 is 16.8 Å². The molecule has 0 aliphatic rings. The minimum absolute atomic E-state index is 0.525. The maximum Gasteiger partial charge on any atom is 0.321 e. The molecule has 7 nitrogen and oxygen atoms in total. The summed E-state index contributed by atoms with van der Waals surface area (Å²) in [5, 5.41) is 12.3. The Kier molecular flexibility index (Phi) is 6.37. The number of hydrogen-bond donors (Lipinski definition) is 1. The van der Waals surface area contributed by atoms with Gasteiger partial charge in [-0.15, -0.1) is 0 Å².